The molecule has 0 atom stereocenters. The Bertz CT molecular complexity index is 1340. The van der Waals surface area contributed by atoms with Gasteiger partial charge in [-0.05, 0) is 92.0 Å². The Hall–Kier alpha value is -2.68. The fourth-order valence-electron chi connectivity index (χ4n) is 6.20. The fraction of sp³-hybridized carbons (Fsp3) is 0.514. The second-order valence-electron chi connectivity index (χ2n) is 11.6. The predicted molar refractivity (Wildman–Crippen MR) is 181 cm³/mol. The topological polar surface area (TPSA) is 71.4 Å². The number of benzene rings is 2. The molecule has 2 aromatic carbocycles. The molecular weight excluding hydrogens is 637 g/mol. The van der Waals surface area contributed by atoms with Crippen molar-refractivity contribution in [2.24, 2.45) is 11.8 Å². The molecule has 42 heavy (non-hydrogen) atoms. The Labute approximate surface area is 264 Å². The van der Waals surface area contributed by atoms with E-state index in [4.69, 9.17) is 0 Å². The van der Waals surface area contributed by atoms with E-state index in [0.717, 1.165) is 61.7 Å². The monoisotopic (exact) mass is 683 g/mol. The Morgan fingerprint density at radius 3 is 2.43 bits per heavy atom. The summed E-state index contributed by atoms with van der Waals surface area (Å²) in [6.45, 7) is 5.54. The maximum absolute atomic E-state index is 13.7. The molecule has 0 bridgehead atoms. The van der Waals surface area contributed by atoms with Crippen LogP contribution in [-0.4, -0.2) is 39.7 Å². The number of unbranched alkanes of at least 4 members (excludes halogenated alkanes) is 3. The molecule has 1 saturated carbocycles. The number of Topliss-reactive ketones (excluding diaryl/α,β-unsaturated/α-hetero) is 1. The first kappa shape index (κ1) is 32.2. The van der Waals surface area contributed by atoms with Gasteiger partial charge in [-0.25, -0.2) is 0 Å². The molecule has 0 unspecified atom stereocenters. The predicted octanol–water partition coefficient (Wildman–Crippen LogP) is 7.75. The van der Waals surface area contributed by atoms with Crippen molar-refractivity contribution in [3.63, 3.8) is 0 Å². The van der Waals surface area contributed by atoms with Crippen LogP contribution in [0.5, 0.6) is 0 Å². The van der Waals surface area contributed by atoms with Gasteiger partial charge < -0.3 is 14.8 Å². The third-order valence-electron chi connectivity index (χ3n) is 8.69. The van der Waals surface area contributed by atoms with Gasteiger partial charge in [0.25, 0.3) is 0 Å². The number of nitrogens with zero attached hydrogens (tertiary/aromatic N) is 2. The molecule has 0 spiro atoms. The zero-order chi connectivity index (χ0) is 29.9. The number of amides is 2. The standard InChI is InChI=1S/C35H46IN3O3/c1-3-26-12-11-14-30(22-26)38(4-2)34(41)25-39-31-15-8-7-13-29(31)24-32(39)33(40)23-27-16-18-28(19-17-27)35(42)37-21-10-6-5-9-20-36/h7-8,11-15,22,24,27-28H,3-6,9-10,16-21,23,25H2,1-2H3,(H,37,42). The minimum Gasteiger partial charge on any atom is -0.356 e. The second kappa shape index (κ2) is 16.2. The van der Waals surface area contributed by atoms with Gasteiger partial charge in [-0.2, -0.15) is 0 Å². The number of halogens is 1. The molecule has 1 aromatic heterocycles. The van der Waals surface area contributed by atoms with Crippen molar-refractivity contribution in [1.82, 2.24) is 9.88 Å². The van der Waals surface area contributed by atoms with Crippen molar-refractivity contribution in [3.05, 3.63) is 65.9 Å². The van der Waals surface area contributed by atoms with Crippen LogP contribution < -0.4 is 10.2 Å². The van der Waals surface area contributed by atoms with E-state index in [2.05, 4.69) is 47.0 Å². The molecular formula is C35H46IN3O3. The average Bonchev–Trinajstić information content (AvgIpc) is 3.38. The Morgan fingerprint density at radius 1 is 0.929 bits per heavy atom. The molecule has 0 saturated heterocycles. The normalized spacial score (nSPS) is 16.8. The van der Waals surface area contributed by atoms with Crippen molar-refractivity contribution in [3.8, 4) is 0 Å². The number of aryl methyl sites for hydroxylation is 1. The molecule has 6 nitrogen and oxygen atoms in total. The van der Waals surface area contributed by atoms with Gasteiger partial charge in [0, 0.05) is 42.0 Å². The van der Waals surface area contributed by atoms with Crippen LogP contribution in [0.3, 0.4) is 0 Å². The van der Waals surface area contributed by atoms with Crippen molar-refractivity contribution in [1.29, 1.82) is 0 Å². The van der Waals surface area contributed by atoms with E-state index < -0.39 is 0 Å². The number of aromatic nitrogens is 1. The Morgan fingerprint density at radius 2 is 1.69 bits per heavy atom. The molecule has 1 aliphatic carbocycles. The smallest absolute Gasteiger partial charge is 0.246 e. The summed E-state index contributed by atoms with van der Waals surface area (Å²) in [5.41, 5.74) is 3.59. The maximum Gasteiger partial charge on any atom is 0.246 e. The summed E-state index contributed by atoms with van der Waals surface area (Å²) in [6.07, 6.45) is 9.50. The van der Waals surface area contributed by atoms with E-state index in [1.54, 1.807) is 4.90 Å². The van der Waals surface area contributed by atoms with Crippen LogP contribution in [0.15, 0.2) is 54.6 Å². The van der Waals surface area contributed by atoms with E-state index in [-0.39, 0.29) is 36.0 Å². The second-order valence-corrected chi connectivity index (χ2v) is 12.7. The fourth-order valence-corrected chi connectivity index (χ4v) is 6.74. The van der Waals surface area contributed by atoms with Crippen LogP contribution in [-0.2, 0) is 22.6 Å². The molecule has 3 aromatic rings. The first-order valence-corrected chi connectivity index (χ1v) is 17.3. The van der Waals surface area contributed by atoms with Crippen LogP contribution in [0.25, 0.3) is 10.9 Å². The highest BCUT2D eigenvalue weighted by Gasteiger charge is 2.29. The first-order chi connectivity index (χ1) is 20.4. The largest absolute Gasteiger partial charge is 0.356 e. The summed E-state index contributed by atoms with van der Waals surface area (Å²) in [6, 6.07) is 18.0. The minimum atomic E-state index is -0.0299. The van der Waals surface area contributed by atoms with E-state index in [1.165, 1.54) is 29.3 Å². The molecule has 226 valence electrons. The summed E-state index contributed by atoms with van der Waals surface area (Å²) in [5, 5.41) is 4.11. The van der Waals surface area contributed by atoms with Gasteiger partial charge in [-0.15, -0.1) is 0 Å². The number of carbonyl (C=O) groups excluding carboxylic acids is 3. The first-order valence-electron chi connectivity index (χ1n) is 15.8. The van der Waals surface area contributed by atoms with Gasteiger partial charge in [-0.1, -0.05) is 72.7 Å². The van der Waals surface area contributed by atoms with Gasteiger partial charge in [-0.3, -0.25) is 14.4 Å². The lowest BCUT2D eigenvalue weighted by atomic mass is 9.79. The van der Waals surface area contributed by atoms with Gasteiger partial charge >= 0.3 is 0 Å². The molecule has 7 heteroatoms. The third-order valence-corrected chi connectivity index (χ3v) is 9.45. The number of anilines is 1. The zero-order valence-corrected chi connectivity index (χ0v) is 27.4. The lowest BCUT2D eigenvalue weighted by molar-refractivity contribution is -0.126. The number of likely N-dealkylation sites (N-methyl/N-ethyl adjacent to an activating group) is 1. The lowest BCUT2D eigenvalue weighted by Gasteiger charge is -2.27. The SMILES string of the molecule is CCc1cccc(N(CC)C(=O)Cn2c(C(=O)CC3CCC(C(=O)NCCCCCCI)CC3)cc3ccccc32)c1. The third kappa shape index (κ3) is 8.45. The minimum absolute atomic E-state index is 0.0299. The zero-order valence-electron chi connectivity index (χ0n) is 25.2. The van der Waals surface area contributed by atoms with Crippen molar-refractivity contribution in [2.45, 2.75) is 84.6 Å². The summed E-state index contributed by atoms with van der Waals surface area (Å²) in [4.78, 5) is 41.9. The molecule has 1 N–H and O–H groups in total. The van der Waals surface area contributed by atoms with E-state index in [0.29, 0.717) is 18.7 Å². The van der Waals surface area contributed by atoms with Gasteiger partial charge in [0.2, 0.25) is 11.8 Å². The van der Waals surface area contributed by atoms with Crippen molar-refractivity contribution in [2.75, 3.05) is 22.4 Å². The number of para-hydroxylation sites is 1. The van der Waals surface area contributed by atoms with Gasteiger partial charge in [0.1, 0.15) is 6.54 Å². The van der Waals surface area contributed by atoms with Gasteiger partial charge in [0.15, 0.2) is 5.78 Å². The summed E-state index contributed by atoms with van der Waals surface area (Å²) >= 11 is 2.41. The number of nitrogens with one attached hydrogen (secondary N) is 1. The highest BCUT2D eigenvalue weighted by atomic mass is 127. The highest BCUT2D eigenvalue weighted by Crippen LogP contribution is 2.33. The van der Waals surface area contributed by atoms with Crippen LogP contribution in [0.2, 0.25) is 0 Å². The lowest BCUT2D eigenvalue weighted by Crippen LogP contribution is -2.35. The number of fused-ring (bicyclic) bond motifs is 1. The molecule has 0 aliphatic heterocycles. The number of carbonyl (C=O) groups is 3. The van der Waals surface area contributed by atoms with E-state index in [1.807, 2.05) is 54.0 Å². The van der Waals surface area contributed by atoms with E-state index in [9.17, 15) is 14.4 Å². The summed E-state index contributed by atoms with van der Waals surface area (Å²) in [7, 11) is 0. The number of rotatable bonds is 15. The Kier molecular flexibility index (Phi) is 12.5. The number of alkyl halides is 1. The summed E-state index contributed by atoms with van der Waals surface area (Å²) in [5.74, 6) is 0.547. The Balaban J connectivity index is 1.38. The highest BCUT2D eigenvalue weighted by molar-refractivity contribution is 14.1. The molecule has 1 heterocycles. The number of ketones is 1. The average molecular weight is 684 g/mol. The van der Waals surface area contributed by atoms with Crippen LogP contribution in [0.1, 0.15) is 87.7 Å². The molecule has 0 radical (unpaired) electrons. The number of hydrogen-bond donors (Lipinski definition) is 1. The van der Waals surface area contributed by atoms with Crippen LogP contribution >= 0.6 is 22.6 Å². The van der Waals surface area contributed by atoms with E-state index >= 15 is 0 Å². The van der Waals surface area contributed by atoms with Crippen LogP contribution in [0.4, 0.5) is 5.69 Å². The van der Waals surface area contributed by atoms with Crippen molar-refractivity contribution >= 4 is 56.8 Å². The molecule has 1 aliphatic rings. The number of hydrogen-bond acceptors (Lipinski definition) is 3. The molecule has 4 rings (SSSR count). The molecule has 2 amide bonds. The quantitative estimate of drug-likeness (QED) is 0.0771. The van der Waals surface area contributed by atoms with Crippen molar-refractivity contribution < 1.29 is 14.4 Å². The maximum atomic E-state index is 13.7. The summed E-state index contributed by atoms with van der Waals surface area (Å²) < 4.78 is 3.10. The molecule has 1 fully saturated rings. The van der Waals surface area contributed by atoms with Gasteiger partial charge in [0.05, 0.1) is 5.69 Å². The van der Waals surface area contributed by atoms with Crippen LogP contribution in [0, 0.1) is 11.8 Å².